The van der Waals surface area contributed by atoms with Gasteiger partial charge in [0.2, 0.25) is 5.91 Å². The molecule has 3 rings (SSSR count). The number of urea groups is 1. The zero-order valence-corrected chi connectivity index (χ0v) is 15.2. The van der Waals surface area contributed by atoms with E-state index in [1.54, 1.807) is 0 Å². The average Bonchev–Trinajstić information content (AvgIpc) is 3.29. The van der Waals surface area contributed by atoms with Crippen LogP contribution in [-0.4, -0.2) is 65.4 Å². The van der Waals surface area contributed by atoms with E-state index in [4.69, 9.17) is 0 Å². The van der Waals surface area contributed by atoms with Crippen molar-refractivity contribution in [3.63, 3.8) is 0 Å². The van der Waals surface area contributed by atoms with Crippen LogP contribution in [0.3, 0.4) is 0 Å². The van der Waals surface area contributed by atoms with Gasteiger partial charge in [0, 0.05) is 25.6 Å². The van der Waals surface area contributed by atoms with E-state index in [1.165, 1.54) is 11.3 Å². The van der Waals surface area contributed by atoms with Crippen LogP contribution < -0.4 is 10.6 Å². The van der Waals surface area contributed by atoms with Crippen molar-refractivity contribution in [2.24, 2.45) is 0 Å². The van der Waals surface area contributed by atoms with Crippen molar-refractivity contribution in [2.45, 2.75) is 69.9 Å². The standard InChI is InChI=1S/C18H30N4O3/c1-2-21-11-5-7-14(21)13-19-15(23)8-6-12-22-16(24)18(20-17(22)25)9-3-4-10-18/h14H,2-13H2,1H3,(H,19,23)(H,20,25). The molecule has 1 unspecified atom stereocenters. The Labute approximate surface area is 149 Å². The highest BCUT2D eigenvalue weighted by atomic mass is 16.2. The fraction of sp³-hybridized carbons (Fsp3) is 0.833. The van der Waals surface area contributed by atoms with E-state index in [1.807, 2.05) is 0 Å². The molecule has 1 saturated carbocycles. The second kappa shape index (κ2) is 7.72. The van der Waals surface area contributed by atoms with E-state index in [2.05, 4.69) is 22.5 Å². The first kappa shape index (κ1) is 18.2. The van der Waals surface area contributed by atoms with Gasteiger partial charge in [-0.25, -0.2) is 4.79 Å². The molecule has 0 bridgehead atoms. The molecule has 3 fully saturated rings. The third-order valence-electron chi connectivity index (χ3n) is 5.93. The zero-order chi connectivity index (χ0) is 17.9. The maximum atomic E-state index is 12.5. The van der Waals surface area contributed by atoms with E-state index >= 15 is 0 Å². The van der Waals surface area contributed by atoms with Crippen LogP contribution in [0.2, 0.25) is 0 Å². The molecule has 2 saturated heterocycles. The number of likely N-dealkylation sites (N-methyl/N-ethyl adjacent to an activating group) is 1. The third kappa shape index (κ3) is 3.81. The summed E-state index contributed by atoms with van der Waals surface area (Å²) in [6.07, 6.45) is 6.65. The van der Waals surface area contributed by atoms with Crippen LogP contribution in [0.4, 0.5) is 4.79 Å². The van der Waals surface area contributed by atoms with Crippen molar-refractivity contribution >= 4 is 17.8 Å². The normalized spacial score (nSPS) is 25.8. The second-order valence-corrected chi connectivity index (χ2v) is 7.51. The van der Waals surface area contributed by atoms with E-state index in [9.17, 15) is 14.4 Å². The topological polar surface area (TPSA) is 81.8 Å². The monoisotopic (exact) mass is 350 g/mol. The Bertz CT molecular complexity index is 530. The molecule has 25 heavy (non-hydrogen) atoms. The van der Waals surface area contributed by atoms with Gasteiger partial charge in [0.15, 0.2) is 0 Å². The van der Waals surface area contributed by atoms with Gasteiger partial charge in [-0.3, -0.25) is 19.4 Å². The number of hydrogen-bond donors (Lipinski definition) is 2. The van der Waals surface area contributed by atoms with Crippen molar-refractivity contribution in [1.82, 2.24) is 20.4 Å². The molecule has 0 aromatic carbocycles. The summed E-state index contributed by atoms with van der Waals surface area (Å²) in [6, 6.07) is 0.152. The van der Waals surface area contributed by atoms with Crippen molar-refractivity contribution in [3.05, 3.63) is 0 Å². The molecular weight excluding hydrogens is 320 g/mol. The van der Waals surface area contributed by atoms with Gasteiger partial charge in [-0.2, -0.15) is 0 Å². The fourth-order valence-corrected chi connectivity index (χ4v) is 4.46. The minimum absolute atomic E-state index is 0.00517. The minimum Gasteiger partial charge on any atom is -0.355 e. The SMILES string of the molecule is CCN1CCCC1CNC(=O)CCCN1C(=O)NC2(CCCC2)C1=O. The Balaban J connectivity index is 1.38. The molecule has 2 heterocycles. The predicted octanol–water partition coefficient (Wildman–Crippen LogP) is 1.23. The van der Waals surface area contributed by atoms with Crippen molar-refractivity contribution < 1.29 is 14.4 Å². The minimum atomic E-state index is -0.647. The van der Waals surface area contributed by atoms with Crippen molar-refractivity contribution in [2.75, 3.05) is 26.2 Å². The molecule has 1 aliphatic carbocycles. The number of rotatable bonds is 7. The number of likely N-dealkylation sites (tertiary alicyclic amines) is 1. The molecule has 7 heteroatoms. The first-order valence-electron chi connectivity index (χ1n) is 9.70. The highest BCUT2D eigenvalue weighted by Crippen LogP contribution is 2.35. The predicted molar refractivity (Wildman–Crippen MR) is 94.0 cm³/mol. The van der Waals surface area contributed by atoms with Gasteiger partial charge in [0.25, 0.3) is 5.91 Å². The van der Waals surface area contributed by atoms with E-state index < -0.39 is 5.54 Å². The Hall–Kier alpha value is -1.63. The van der Waals surface area contributed by atoms with Crippen LogP contribution >= 0.6 is 0 Å². The number of carbonyl (C=O) groups excluding carboxylic acids is 3. The van der Waals surface area contributed by atoms with Crippen LogP contribution in [-0.2, 0) is 9.59 Å². The Morgan fingerprint density at radius 1 is 1.28 bits per heavy atom. The first-order valence-corrected chi connectivity index (χ1v) is 9.70. The number of carbonyl (C=O) groups is 3. The third-order valence-corrected chi connectivity index (χ3v) is 5.93. The molecular formula is C18H30N4O3. The zero-order valence-electron chi connectivity index (χ0n) is 15.2. The Kier molecular flexibility index (Phi) is 5.61. The Morgan fingerprint density at radius 3 is 2.76 bits per heavy atom. The summed E-state index contributed by atoms with van der Waals surface area (Å²) in [6.45, 7) is 5.30. The maximum Gasteiger partial charge on any atom is 0.325 e. The molecule has 0 radical (unpaired) electrons. The number of amides is 4. The molecule has 0 aromatic heterocycles. The van der Waals surface area contributed by atoms with Gasteiger partial charge in [-0.15, -0.1) is 0 Å². The van der Waals surface area contributed by atoms with Gasteiger partial charge in [-0.1, -0.05) is 19.8 Å². The molecule has 4 amide bonds. The van der Waals surface area contributed by atoms with Crippen LogP contribution in [0.25, 0.3) is 0 Å². The summed E-state index contributed by atoms with van der Waals surface area (Å²) in [5.74, 6) is -0.0921. The summed E-state index contributed by atoms with van der Waals surface area (Å²) in [4.78, 5) is 40.3. The van der Waals surface area contributed by atoms with Crippen LogP contribution in [0, 0.1) is 0 Å². The lowest BCUT2D eigenvalue weighted by molar-refractivity contribution is -0.131. The summed E-state index contributed by atoms with van der Waals surface area (Å²) in [5, 5.41) is 5.87. The number of nitrogens with one attached hydrogen (secondary N) is 2. The lowest BCUT2D eigenvalue weighted by Crippen LogP contribution is -2.44. The highest BCUT2D eigenvalue weighted by Gasteiger charge is 2.52. The van der Waals surface area contributed by atoms with Crippen molar-refractivity contribution in [1.29, 1.82) is 0 Å². The summed E-state index contributed by atoms with van der Waals surface area (Å²) in [7, 11) is 0. The smallest absolute Gasteiger partial charge is 0.325 e. The molecule has 1 spiro atoms. The highest BCUT2D eigenvalue weighted by molar-refractivity contribution is 6.07. The number of hydrogen-bond acceptors (Lipinski definition) is 4. The quantitative estimate of drug-likeness (QED) is 0.677. The summed E-state index contributed by atoms with van der Waals surface area (Å²) >= 11 is 0. The van der Waals surface area contributed by atoms with Crippen LogP contribution in [0.15, 0.2) is 0 Å². The van der Waals surface area contributed by atoms with E-state index in [0.717, 1.165) is 45.2 Å². The lowest BCUT2D eigenvalue weighted by Gasteiger charge is -2.23. The van der Waals surface area contributed by atoms with Gasteiger partial charge < -0.3 is 10.6 Å². The van der Waals surface area contributed by atoms with Gasteiger partial charge in [0.05, 0.1) is 0 Å². The molecule has 2 N–H and O–H groups in total. The first-order chi connectivity index (χ1) is 12.1. The molecule has 7 nitrogen and oxygen atoms in total. The fourth-order valence-electron chi connectivity index (χ4n) is 4.46. The molecule has 140 valence electrons. The summed E-state index contributed by atoms with van der Waals surface area (Å²) < 4.78 is 0. The molecule has 2 aliphatic heterocycles. The second-order valence-electron chi connectivity index (χ2n) is 7.51. The lowest BCUT2D eigenvalue weighted by atomic mass is 9.98. The van der Waals surface area contributed by atoms with Crippen LogP contribution in [0.5, 0.6) is 0 Å². The maximum absolute atomic E-state index is 12.5. The Morgan fingerprint density at radius 2 is 2.04 bits per heavy atom. The summed E-state index contributed by atoms with van der Waals surface area (Å²) in [5.41, 5.74) is -0.647. The number of imide groups is 1. The largest absolute Gasteiger partial charge is 0.355 e. The average molecular weight is 350 g/mol. The molecule has 1 atom stereocenters. The van der Waals surface area contributed by atoms with Crippen LogP contribution in [0.1, 0.15) is 58.3 Å². The molecule has 0 aromatic rings. The van der Waals surface area contributed by atoms with E-state index in [0.29, 0.717) is 32.0 Å². The molecule has 3 aliphatic rings. The van der Waals surface area contributed by atoms with Crippen molar-refractivity contribution in [3.8, 4) is 0 Å². The number of nitrogens with zero attached hydrogens (tertiary/aromatic N) is 2. The van der Waals surface area contributed by atoms with Gasteiger partial charge in [0.1, 0.15) is 5.54 Å². The van der Waals surface area contributed by atoms with E-state index in [-0.39, 0.29) is 17.8 Å². The van der Waals surface area contributed by atoms with Gasteiger partial charge in [-0.05, 0) is 45.2 Å². The van der Waals surface area contributed by atoms with Gasteiger partial charge >= 0.3 is 6.03 Å².